The summed E-state index contributed by atoms with van der Waals surface area (Å²) in [6.07, 6.45) is 0. The van der Waals surface area contributed by atoms with Gasteiger partial charge in [0.25, 0.3) is 0 Å². The molecule has 2 aromatic rings. The van der Waals surface area contributed by atoms with Crippen molar-refractivity contribution in [3.05, 3.63) is 46.7 Å². The molecule has 1 heterocycles. The maximum atomic E-state index is 12.3. The number of aromatic nitrogens is 2. The maximum Gasteiger partial charge on any atom is 0.245 e. The van der Waals surface area contributed by atoms with Crippen molar-refractivity contribution in [2.45, 2.75) is 17.6 Å². The standard InChI is InChI=1S/C14H18ClN3O2S2/c1-11-13(14(15)18(2)17-11)22(19,20)16-8-9-21-10-12-6-4-3-5-7-12/h3-7,16H,8-10H2,1-2H3. The first-order valence-corrected chi connectivity index (χ1v) is 9.74. The third-order valence-electron chi connectivity index (χ3n) is 3.02. The van der Waals surface area contributed by atoms with Gasteiger partial charge in [0.15, 0.2) is 0 Å². The summed E-state index contributed by atoms with van der Waals surface area (Å²) in [5, 5.41) is 4.15. The maximum absolute atomic E-state index is 12.3. The Morgan fingerprint density at radius 3 is 2.59 bits per heavy atom. The molecule has 5 nitrogen and oxygen atoms in total. The minimum Gasteiger partial charge on any atom is -0.255 e. The molecule has 8 heteroatoms. The van der Waals surface area contributed by atoms with Crippen molar-refractivity contribution in [2.24, 2.45) is 7.05 Å². The van der Waals surface area contributed by atoms with E-state index in [1.807, 2.05) is 18.2 Å². The van der Waals surface area contributed by atoms with Gasteiger partial charge in [-0.3, -0.25) is 4.68 Å². The lowest BCUT2D eigenvalue weighted by Crippen LogP contribution is -2.26. The van der Waals surface area contributed by atoms with Gasteiger partial charge in [-0.2, -0.15) is 16.9 Å². The number of sulfonamides is 1. The van der Waals surface area contributed by atoms with E-state index < -0.39 is 10.0 Å². The van der Waals surface area contributed by atoms with E-state index in [9.17, 15) is 8.42 Å². The summed E-state index contributed by atoms with van der Waals surface area (Å²) in [7, 11) is -2.01. The highest BCUT2D eigenvalue weighted by molar-refractivity contribution is 7.98. The van der Waals surface area contributed by atoms with Crippen LogP contribution in [-0.2, 0) is 22.8 Å². The second kappa shape index (κ2) is 7.50. The van der Waals surface area contributed by atoms with Crippen LogP contribution >= 0.6 is 23.4 Å². The number of aryl methyl sites for hydroxylation is 2. The summed E-state index contributed by atoms with van der Waals surface area (Å²) in [4.78, 5) is 0.0599. The van der Waals surface area contributed by atoms with Gasteiger partial charge in [0.05, 0.1) is 5.69 Å². The first-order chi connectivity index (χ1) is 10.4. The van der Waals surface area contributed by atoms with E-state index in [0.717, 1.165) is 5.75 Å². The smallest absolute Gasteiger partial charge is 0.245 e. The van der Waals surface area contributed by atoms with Crippen LogP contribution < -0.4 is 4.72 Å². The van der Waals surface area contributed by atoms with Gasteiger partial charge < -0.3 is 0 Å². The van der Waals surface area contributed by atoms with E-state index in [-0.39, 0.29) is 10.0 Å². The van der Waals surface area contributed by atoms with Crippen LogP contribution in [0.1, 0.15) is 11.3 Å². The van der Waals surface area contributed by atoms with Crippen molar-refractivity contribution in [3.8, 4) is 0 Å². The molecule has 0 bridgehead atoms. The Bertz CT molecular complexity index is 730. The molecular formula is C14H18ClN3O2S2. The average molecular weight is 360 g/mol. The zero-order valence-electron chi connectivity index (χ0n) is 12.4. The SMILES string of the molecule is Cc1nn(C)c(Cl)c1S(=O)(=O)NCCSCc1ccccc1. The Labute approximate surface area is 140 Å². The summed E-state index contributed by atoms with van der Waals surface area (Å²) in [5.41, 5.74) is 1.62. The van der Waals surface area contributed by atoms with Gasteiger partial charge in [-0.1, -0.05) is 41.9 Å². The van der Waals surface area contributed by atoms with E-state index in [1.165, 1.54) is 10.2 Å². The van der Waals surface area contributed by atoms with Crippen LogP contribution in [0, 0.1) is 6.92 Å². The number of rotatable bonds is 7. The molecule has 22 heavy (non-hydrogen) atoms. The molecule has 0 fully saturated rings. The minimum absolute atomic E-state index is 0.0599. The number of hydrogen-bond acceptors (Lipinski definition) is 4. The fraction of sp³-hybridized carbons (Fsp3) is 0.357. The van der Waals surface area contributed by atoms with Crippen molar-refractivity contribution in [3.63, 3.8) is 0 Å². The third kappa shape index (κ3) is 4.25. The molecule has 0 unspecified atom stereocenters. The molecule has 1 N–H and O–H groups in total. The van der Waals surface area contributed by atoms with Crippen molar-refractivity contribution < 1.29 is 8.42 Å². The molecule has 1 aromatic heterocycles. The van der Waals surface area contributed by atoms with Crippen molar-refractivity contribution >= 4 is 33.4 Å². The van der Waals surface area contributed by atoms with Crippen LogP contribution in [0.25, 0.3) is 0 Å². The number of halogens is 1. The van der Waals surface area contributed by atoms with Crippen LogP contribution in [-0.4, -0.2) is 30.5 Å². The molecule has 1 aromatic carbocycles. The Balaban J connectivity index is 1.86. The van der Waals surface area contributed by atoms with Gasteiger partial charge >= 0.3 is 0 Å². The van der Waals surface area contributed by atoms with E-state index in [0.29, 0.717) is 18.0 Å². The predicted octanol–water partition coefficient (Wildman–Crippen LogP) is 2.59. The molecule has 0 atom stereocenters. The van der Waals surface area contributed by atoms with E-state index in [1.54, 1.807) is 25.7 Å². The van der Waals surface area contributed by atoms with Crippen LogP contribution in [0.2, 0.25) is 5.15 Å². The monoisotopic (exact) mass is 359 g/mol. The minimum atomic E-state index is -3.62. The first kappa shape index (κ1) is 17.3. The molecule has 0 radical (unpaired) electrons. The quantitative estimate of drug-likeness (QED) is 0.772. The van der Waals surface area contributed by atoms with Crippen molar-refractivity contribution in [2.75, 3.05) is 12.3 Å². The summed E-state index contributed by atoms with van der Waals surface area (Å²) in [6.45, 7) is 1.98. The molecule has 0 saturated heterocycles. The summed E-state index contributed by atoms with van der Waals surface area (Å²) in [5.74, 6) is 1.54. The molecular weight excluding hydrogens is 342 g/mol. The molecule has 0 aliphatic carbocycles. The van der Waals surface area contributed by atoms with Gasteiger partial charge in [0.1, 0.15) is 10.0 Å². The Morgan fingerprint density at radius 1 is 1.32 bits per heavy atom. The Kier molecular flexibility index (Phi) is 5.91. The van der Waals surface area contributed by atoms with Gasteiger partial charge in [-0.05, 0) is 12.5 Å². The van der Waals surface area contributed by atoms with Crippen LogP contribution in [0.5, 0.6) is 0 Å². The highest BCUT2D eigenvalue weighted by Crippen LogP contribution is 2.23. The lowest BCUT2D eigenvalue weighted by Gasteiger charge is -2.06. The highest BCUT2D eigenvalue weighted by atomic mass is 35.5. The lowest BCUT2D eigenvalue weighted by atomic mass is 10.2. The number of benzene rings is 1. The number of nitrogens with one attached hydrogen (secondary N) is 1. The molecule has 0 saturated carbocycles. The largest absolute Gasteiger partial charge is 0.255 e. The Morgan fingerprint density at radius 2 is 2.00 bits per heavy atom. The number of nitrogens with zero attached hydrogens (tertiary/aromatic N) is 2. The van der Waals surface area contributed by atoms with Gasteiger partial charge in [-0.15, -0.1) is 0 Å². The van der Waals surface area contributed by atoms with Crippen molar-refractivity contribution in [1.82, 2.24) is 14.5 Å². The lowest BCUT2D eigenvalue weighted by molar-refractivity contribution is 0.583. The predicted molar refractivity (Wildman–Crippen MR) is 90.7 cm³/mol. The summed E-state index contributed by atoms with van der Waals surface area (Å²) >= 11 is 7.67. The average Bonchev–Trinajstić information content (AvgIpc) is 2.73. The number of hydrogen-bond donors (Lipinski definition) is 1. The number of thioether (sulfide) groups is 1. The molecule has 0 aliphatic heterocycles. The highest BCUT2D eigenvalue weighted by Gasteiger charge is 2.24. The zero-order chi connectivity index (χ0) is 16.2. The van der Waals surface area contributed by atoms with E-state index in [2.05, 4.69) is 22.0 Å². The fourth-order valence-corrected chi connectivity index (χ4v) is 4.73. The molecule has 120 valence electrons. The summed E-state index contributed by atoms with van der Waals surface area (Å²) in [6, 6.07) is 10.1. The van der Waals surface area contributed by atoms with Crippen LogP contribution in [0.15, 0.2) is 35.2 Å². The summed E-state index contributed by atoms with van der Waals surface area (Å²) < 4.78 is 28.5. The second-order valence-corrected chi connectivity index (χ2v) is 7.93. The topological polar surface area (TPSA) is 64.0 Å². The fourth-order valence-electron chi connectivity index (χ4n) is 2.00. The molecule has 2 rings (SSSR count). The van der Waals surface area contributed by atoms with Crippen molar-refractivity contribution in [1.29, 1.82) is 0 Å². The van der Waals surface area contributed by atoms with E-state index >= 15 is 0 Å². The van der Waals surface area contributed by atoms with E-state index in [4.69, 9.17) is 11.6 Å². The normalized spacial score (nSPS) is 11.8. The first-order valence-electron chi connectivity index (χ1n) is 6.72. The van der Waals surface area contributed by atoms with Gasteiger partial charge in [0, 0.05) is 25.1 Å². The molecule has 0 spiro atoms. The third-order valence-corrected chi connectivity index (χ3v) is 6.21. The van der Waals surface area contributed by atoms with Gasteiger partial charge in [-0.25, -0.2) is 13.1 Å². The van der Waals surface area contributed by atoms with Crippen LogP contribution in [0.4, 0.5) is 0 Å². The second-order valence-electron chi connectivity index (χ2n) is 4.76. The molecule has 0 amide bonds. The van der Waals surface area contributed by atoms with Crippen LogP contribution in [0.3, 0.4) is 0 Å². The Hall–Kier alpha value is -1.02. The van der Waals surface area contributed by atoms with Gasteiger partial charge in [0.2, 0.25) is 10.0 Å². The molecule has 0 aliphatic rings. The zero-order valence-corrected chi connectivity index (χ0v) is 14.8.